The monoisotopic (exact) mass is 253 g/mol. The van der Waals surface area contributed by atoms with Gasteiger partial charge in [0.1, 0.15) is 11.9 Å². The Kier molecular flexibility index (Phi) is 4.03. The smallest absolute Gasteiger partial charge is 0.311 e. The lowest BCUT2D eigenvalue weighted by Gasteiger charge is -2.18. The van der Waals surface area contributed by atoms with Gasteiger partial charge in [-0.25, -0.2) is 4.98 Å². The van der Waals surface area contributed by atoms with E-state index in [-0.39, 0.29) is 23.2 Å². The third-order valence-electron chi connectivity index (χ3n) is 2.26. The summed E-state index contributed by atoms with van der Waals surface area (Å²) in [6.45, 7) is 1.59. The quantitative estimate of drug-likeness (QED) is 0.595. The zero-order valence-electron chi connectivity index (χ0n) is 10.4. The van der Waals surface area contributed by atoms with Crippen LogP contribution in [0.2, 0.25) is 0 Å². The van der Waals surface area contributed by atoms with E-state index in [1.54, 1.807) is 21.0 Å². The standard InChI is InChI=1S/C10H15N5O3/c1-6(10(16)14(2)3)12-9-7(15(17)18)4-5-8(11)13-9/h4-6H,1-3H3,(H3,11,12,13). The highest BCUT2D eigenvalue weighted by molar-refractivity contribution is 5.84. The Balaban J connectivity index is 2.99. The van der Waals surface area contributed by atoms with Gasteiger partial charge in [-0.1, -0.05) is 0 Å². The minimum Gasteiger partial charge on any atom is -0.384 e. The number of hydrogen-bond donors (Lipinski definition) is 2. The van der Waals surface area contributed by atoms with Crippen LogP contribution in [0.5, 0.6) is 0 Å². The fourth-order valence-corrected chi connectivity index (χ4v) is 1.37. The first-order chi connectivity index (χ1) is 8.32. The lowest BCUT2D eigenvalue weighted by molar-refractivity contribution is -0.384. The fraction of sp³-hybridized carbons (Fsp3) is 0.400. The molecule has 1 aromatic rings. The van der Waals surface area contributed by atoms with Gasteiger partial charge in [0, 0.05) is 20.2 Å². The molecule has 0 aliphatic heterocycles. The molecular formula is C10H15N5O3. The molecule has 1 rings (SSSR count). The largest absolute Gasteiger partial charge is 0.384 e. The third kappa shape index (κ3) is 3.06. The van der Waals surface area contributed by atoms with E-state index in [0.29, 0.717) is 0 Å². The molecule has 0 saturated heterocycles. The summed E-state index contributed by atoms with van der Waals surface area (Å²) in [6, 6.07) is 1.95. The van der Waals surface area contributed by atoms with Crippen LogP contribution in [0.1, 0.15) is 6.92 Å². The number of amides is 1. The van der Waals surface area contributed by atoms with Crippen molar-refractivity contribution in [2.75, 3.05) is 25.1 Å². The molecule has 0 aliphatic carbocycles. The predicted octanol–water partition coefficient (Wildman–Crippen LogP) is 0.461. The molecule has 0 bridgehead atoms. The number of likely N-dealkylation sites (N-methyl/N-ethyl adjacent to an activating group) is 1. The van der Waals surface area contributed by atoms with Crippen LogP contribution in [-0.2, 0) is 4.79 Å². The van der Waals surface area contributed by atoms with Crippen LogP contribution in [-0.4, -0.2) is 40.9 Å². The molecule has 8 nitrogen and oxygen atoms in total. The first kappa shape index (κ1) is 13.7. The van der Waals surface area contributed by atoms with Gasteiger partial charge in [0.2, 0.25) is 11.7 Å². The van der Waals surface area contributed by atoms with Crippen molar-refractivity contribution >= 4 is 23.2 Å². The van der Waals surface area contributed by atoms with Gasteiger partial charge in [0.05, 0.1) is 4.92 Å². The lowest BCUT2D eigenvalue weighted by Crippen LogP contribution is -2.37. The molecule has 8 heteroatoms. The maximum atomic E-state index is 11.6. The van der Waals surface area contributed by atoms with Crippen molar-refractivity contribution < 1.29 is 9.72 Å². The topological polar surface area (TPSA) is 114 Å². The first-order valence-corrected chi connectivity index (χ1v) is 5.21. The van der Waals surface area contributed by atoms with E-state index in [1.807, 2.05) is 0 Å². The van der Waals surface area contributed by atoms with Crippen molar-refractivity contribution in [1.82, 2.24) is 9.88 Å². The van der Waals surface area contributed by atoms with Crippen molar-refractivity contribution in [3.8, 4) is 0 Å². The van der Waals surface area contributed by atoms with E-state index in [1.165, 1.54) is 17.0 Å². The minimum absolute atomic E-state index is 0.0114. The highest BCUT2D eigenvalue weighted by Gasteiger charge is 2.21. The summed E-state index contributed by atoms with van der Waals surface area (Å²) in [5.41, 5.74) is 5.25. The van der Waals surface area contributed by atoms with E-state index < -0.39 is 11.0 Å². The molecule has 1 heterocycles. The summed E-state index contributed by atoms with van der Waals surface area (Å²) in [4.78, 5) is 27.1. The molecule has 1 unspecified atom stereocenters. The van der Waals surface area contributed by atoms with Crippen LogP contribution in [0.4, 0.5) is 17.3 Å². The summed E-state index contributed by atoms with van der Waals surface area (Å²) < 4.78 is 0. The average molecular weight is 253 g/mol. The third-order valence-corrected chi connectivity index (χ3v) is 2.26. The van der Waals surface area contributed by atoms with Gasteiger partial charge in [0.15, 0.2) is 0 Å². The van der Waals surface area contributed by atoms with Crippen LogP contribution in [0, 0.1) is 10.1 Å². The van der Waals surface area contributed by atoms with E-state index in [4.69, 9.17) is 5.73 Å². The molecule has 1 atom stereocenters. The molecule has 0 spiro atoms. The molecule has 0 fully saturated rings. The van der Waals surface area contributed by atoms with E-state index in [9.17, 15) is 14.9 Å². The van der Waals surface area contributed by atoms with Crippen molar-refractivity contribution in [2.24, 2.45) is 0 Å². The highest BCUT2D eigenvalue weighted by atomic mass is 16.6. The molecule has 1 aromatic heterocycles. The highest BCUT2D eigenvalue weighted by Crippen LogP contribution is 2.23. The van der Waals surface area contributed by atoms with Crippen LogP contribution >= 0.6 is 0 Å². The maximum absolute atomic E-state index is 11.6. The normalized spacial score (nSPS) is 11.7. The summed E-state index contributed by atoms with van der Waals surface area (Å²) in [5, 5.41) is 13.5. The molecule has 0 saturated carbocycles. The van der Waals surface area contributed by atoms with Crippen LogP contribution < -0.4 is 11.1 Å². The molecular weight excluding hydrogens is 238 g/mol. The number of nitrogens with zero attached hydrogens (tertiary/aromatic N) is 3. The molecule has 0 aromatic carbocycles. The lowest BCUT2D eigenvalue weighted by atomic mass is 10.3. The number of anilines is 2. The number of hydrogen-bond acceptors (Lipinski definition) is 6. The number of nitrogen functional groups attached to an aromatic ring is 1. The SMILES string of the molecule is CC(Nc1nc(N)ccc1[N+](=O)[O-])C(=O)N(C)C. The van der Waals surface area contributed by atoms with Gasteiger partial charge in [-0.3, -0.25) is 14.9 Å². The number of carbonyl (C=O) groups excluding carboxylic acids is 1. The molecule has 18 heavy (non-hydrogen) atoms. The zero-order chi connectivity index (χ0) is 13.9. The van der Waals surface area contributed by atoms with Crippen molar-refractivity contribution in [2.45, 2.75) is 13.0 Å². The second-order valence-electron chi connectivity index (χ2n) is 3.96. The molecule has 0 aliphatic rings. The van der Waals surface area contributed by atoms with Crippen LogP contribution in [0.25, 0.3) is 0 Å². The van der Waals surface area contributed by atoms with E-state index in [2.05, 4.69) is 10.3 Å². The zero-order valence-corrected chi connectivity index (χ0v) is 10.4. The Morgan fingerprint density at radius 1 is 1.56 bits per heavy atom. The van der Waals surface area contributed by atoms with Gasteiger partial charge < -0.3 is 16.0 Å². The Morgan fingerprint density at radius 3 is 2.67 bits per heavy atom. The van der Waals surface area contributed by atoms with Crippen molar-refractivity contribution in [1.29, 1.82) is 0 Å². The van der Waals surface area contributed by atoms with Crippen molar-refractivity contribution in [3.05, 3.63) is 22.2 Å². The maximum Gasteiger partial charge on any atom is 0.311 e. The Labute approximate surface area is 104 Å². The van der Waals surface area contributed by atoms with Gasteiger partial charge in [0.25, 0.3) is 0 Å². The van der Waals surface area contributed by atoms with E-state index >= 15 is 0 Å². The second kappa shape index (κ2) is 5.30. The van der Waals surface area contributed by atoms with Crippen molar-refractivity contribution in [3.63, 3.8) is 0 Å². The van der Waals surface area contributed by atoms with Gasteiger partial charge in [-0.2, -0.15) is 0 Å². The number of rotatable bonds is 4. The summed E-state index contributed by atoms with van der Waals surface area (Å²) in [5.74, 6) is -0.0798. The second-order valence-corrected chi connectivity index (χ2v) is 3.96. The molecule has 3 N–H and O–H groups in total. The average Bonchev–Trinajstić information content (AvgIpc) is 2.27. The minimum atomic E-state index is -0.631. The Hall–Kier alpha value is -2.38. The Bertz CT molecular complexity index is 475. The van der Waals surface area contributed by atoms with Crippen LogP contribution in [0.15, 0.2) is 12.1 Å². The summed E-state index contributed by atoms with van der Waals surface area (Å²) >= 11 is 0. The molecule has 0 radical (unpaired) electrons. The number of nitro groups is 1. The Morgan fingerprint density at radius 2 is 2.17 bits per heavy atom. The molecule has 1 amide bonds. The number of aromatic nitrogens is 1. The number of pyridine rings is 1. The summed E-state index contributed by atoms with van der Waals surface area (Å²) in [7, 11) is 3.20. The fourth-order valence-electron chi connectivity index (χ4n) is 1.37. The predicted molar refractivity (Wildman–Crippen MR) is 67.1 cm³/mol. The molecule has 98 valence electrons. The van der Waals surface area contributed by atoms with Crippen LogP contribution in [0.3, 0.4) is 0 Å². The van der Waals surface area contributed by atoms with Gasteiger partial charge >= 0.3 is 5.69 Å². The first-order valence-electron chi connectivity index (χ1n) is 5.21. The van der Waals surface area contributed by atoms with Gasteiger partial charge in [-0.05, 0) is 13.0 Å². The number of nitrogens with one attached hydrogen (secondary N) is 1. The number of nitrogens with two attached hydrogens (primary N) is 1. The number of carbonyl (C=O) groups is 1. The van der Waals surface area contributed by atoms with Gasteiger partial charge in [-0.15, -0.1) is 0 Å². The van der Waals surface area contributed by atoms with E-state index in [0.717, 1.165) is 0 Å². The summed E-state index contributed by atoms with van der Waals surface area (Å²) in [6.07, 6.45) is 0.